The number of hydrogen-bond acceptors (Lipinski definition) is 8. The molecule has 1 aliphatic heterocycles. The lowest BCUT2D eigenvalue weighted by molar-refractivity contribution is -0.141. The van der Waals surface area contributed by atoms with Gasteiger partial charge in [0.1, 0.15) is 24.9 Å². The monoisotopic (exact) mass is 558 g/mol. The van der Waals surface area contributed by atoms with Crippen molar-refractivity contribution in [2.24, 2.45) is 0 Å². The van der Waals surface area contributed by atoms with Gasteiger partial charge in [-0.2, -0.15) is 0 Å². The Morgan fingerprint density at radius 2 is 1.59 bits per heavy atom. The third-order valence-electron chi connectivity index (χ3n) is 8.12. The van der Waals surface area contributed by atoms with Crippen LogP contribution in [0.15, 0.2) is 15.8 Å². The predicted octanol–water partition coefficient (Wildman–Crippen LogP) is 3.16. The minimum atomic E-state index is -2.35. The van der Waals surface area contributed by atoms with Crippen LogP contribution in [0.2, 0.25) is 36.3 Å². The number of ether oxygens (including phenoxy) is 2. The SMILES string of the molecule is COC(=O)Cn1c(=O)c(C)cn([C@@H]2O[C@H](CO[Si](C)(C)C(C)(C)C)[C@@H](O[Si](C)(C)C(C)(C)C)[C@H]2O)c1=O. The van der Waals surface area contributed by atoms with Crippen molar-refractivity contribution < 1.29 is 28.2 Å². The number of rotatable bonds is 8. The summed E-state index contributed by atoms with van der Waals surface area (Å²) in [6.07, 6.45) is -2.37. The molecule has 0 aromatic carbocycles. The fourth-order valence-electron chi connectivity index (χ4n) is 3.53. The molecule has 0 bridgehead atoms. The van der Waals surface area contributed by atoms with Crippen molar-refractivity contribution in [3.8, 4) is 0 Å². The zero-order valence-corrected chi connectivity index (χ0v) is 26.5. The molecule has 0 amide bonds. The zero-order chi connectivity index (χ0) is 28.7. The summed E-state index contributed by atoms with van der Waals surface area (Å²) in [5, 5.41) is 11.3. The van der Waals surface area contributed by atoms with Gasteiger partial charge in [0.2, 0.25) is 0 Å². The van der Waals surface area contributed by atoms with Crippen LogP contribution in [-0.2, 0) is 29.7 Å². The molecule has 2 heterocycles. The van der Waals surface area contributed by atoms with Crippen LogP contribution in [0.3, 0.4) is 0 Å². The van der Waals surface area contributed by atoms with Crippen LogP contribution in [0.5, 0.6) is 0 Å². The molecular formula is C25H46N2O8Si2. The first-order valence-electron chi connectivity index (χ1n) is 12.7. The van der Waals surface area contributed by atoms with E-state index in [2.05, 4.69) is 72.5 Å². The van der Waals surface area contributed by atoms with Gasteiger partial charge in [0.05, 0.1) is 13.7 Å². The van der Waals surface area contributed by atoms with Crippen molar-refractivity contribution in [1.29, 1.82) is 0 Å². The Balaban J connectivity index is 2.53. The van der Waals surface area contributed by atoms with Crippen molar-refractivity contribution in [2.45, 2.75) is 116 Å². The first kappa shape index (κ1) is 31.6. The summed E-state index contributed by atoms with van der Waals surface area (Å²) in [6, 6.07) is 0. The van der Waals surface area contributed by atoms with Gasteiger partial charge in [-0.1, -0.05) is 41.5 Å². The molecule has 1 aromatic rings. The fraction of sp³-hybridized carbons (Fsp3) is 0.800. The summed E-state index contributed by atoms with van der Waals surface area (Å²) >= 11 is 0. The smallest absolute Gasteiger partial charge is 0.333 e. The molecule has 0 aliphatic carbocycles. The van der Waals surface area contributed by atoms with E-state index in [4.69, 9.17) is 13.6 Å². The molecule has 1 fully saturated rings. The van der Waals surface area contributed by atoms with Gasteiger partial charge >= 0.3 is 11.7 Å². The summed E-state index contributed by atoms with van der Waals surface area (Å²) in [7, 11) is -3.32. The van der Waals surface area contributed by atoms with Crippen LogP contribution in [0.1, 0.15) is 53.3 Å². The Kier molecular flexibility index (Phi) is 9.31. The fourth-order valence-corrected chi connectivity index (χ4v) is 5.87. The number of aryl methyl sites for hydroxylation is 1. The van der Waals surface area contributed by atoms with Crippen LogP contribution >= 0.6 is 0 Å². The van der Waals surface area contributed by atoms with Gasteiger partial charge in [-0.25, -0.2) is 9.36 Å². The standard InChI is InChI=1S/C25H46N2O8Si2/c1-16-13-27(23(31)26(21(16)30)14-18(28)32-8)22-19(29)20(35-37(11,12)25(5,6)7)17(34-22)15-33-36(9,10)24(2,3)4/h13,17,19-20,22,29H,14-15H2,1-12H3/t17-,19-,20-,22-/m1/s1. The average molecular weight is 559 g/mol. The highest BCUT2D eigenvalue weighted by Crippen LogP contribution is 2.42. The van der Waals surface area contributed by atoms with Gasteiger partial charge in [0.15, 0.2) is 22.9 Å². The molecule has 1 aromatic heterocycles. The van der Waals surface area contributed by atoms with Gasteiger partial charge in [0, 0.05) is 11.8 Å². The maximum Gasteiger partial charge on any atom is 0.333 e. The molecule has 37 heavy (non-hydrogen) atoms. The first-order valence-corrected chi connectivity index (χ1v) is 18.5. The summed E-state index contributed by atoms with van der Waals surface area (Å²) < 4.78 is 26.0. The molecule has 10 nitrogen and oxygen atoms in total. The second-order valence-corrected chi connectivity index (χ2v) is 22.5. The highest BCUT2D eigenvalue weighted by Gasteiger charge is 2.51. The van der Waals surface area contributed by atoms with Gasteiger partial charge in [-0.15, -0.1) is 0 Å². The van der Waals surface area contributed by atoms with Crippen molar-refractivity contribution in [3.05, 3.63) is 32.6 Å². The summed E-state index contributed by atoms with van der Waals surface area (Å²) in [4.78, 5) is 37.8. The highest BCUT2D eigenvalue weighted by atomic mass is 28.4. The van der Waals surface area contributed by atoms with Crippen molar-refractivity contribution >= 4 is 22.6 Å². The number of aromatic nitrogens is 2. The number of aliphatic hydroxyl groups is 1. The predicted molar refractivity (Wildman–Crippen MR) is 147 cm³/mol. The number of carbonyl (C=O) groups excluding carboxylic acids is 1. The van der Waals surface area contributed by atoms with Crippen LogP contribution < -0.4 is 11.2 Å². The van der Waals surface area contributed by atoms with Crippen molar-refractivity contribution in [1.82, 2.24) is 9.13 Å². The van der Waals surface area contributed by atoms with E-state index in [0.29, 0.717) is 0 Å². The van der Waals surface area contributed by atoms with E-state index in [1.807, 2.05) is 0 Å². The highest BCUT2D eigenvalue weighted by molar-refractivity contribution is 6.74. The lowest BCUT2D eigenvalue weighted by atomic mass is 10.1. The van der Waals surface area contributed by atoms with Crippen molar-refractivity contribution in [3.63, 3.8) is 0 Å². The molecule has 4 atom stereocenters. The summed E-state index contributed by atoms with van der Waals surface area (Å²) in [5.41, 5.74) is -1.16. The molecule has 0 unspecified atom stereocenters. The Morgan fingerprint density at radius 3 is 2.08 bits per heavy atom. The molecule has 0 saturated carbocycles. The van der Waals surface area contributed by atoms with Gasteiger partial charge in [-0.3, -0.25) is 14.2 Å². The van der Waals surface area contributed by atoms with E-state index in [1.165, 1.54) is 24.8 Å². The Hall–Kier alpha value is -1.58. The van der Waals surface area contributed by atoms with E-state index in [9.17, 15) is 19.5 Å². The van der Waals surface area contributed by atoms with Crippen LogP contribution in [-0.4, -0.2) is 68.9 Å². The molecule has 1 saturated heterocycles. The summed E-state index contributed by atoms with van der Waals surface area (Å²) in [5.74, 6) is -0.732. The Labute approximate surface area is 222 Å². The van der Waals surface area contributed by atoms with Crippen LogP contribution in [0.25, 0.3) is 0 Å². The first-order chi connectivity index (χ1) is 16.6. The molecule has 1 aliphatic rings. The van der Waals surface area contributed by atoms with E-state index >= 15 is 0 Å². The number of methoxy groups -OCH3 is 1. The molecule has 1 N–H and O–H groups in total. The van der Waals surface area contributed by atoms with Gasteiger partial charge in [0.25, 0.3) is 5.56 Å². The zero-order valence-electron chi connectivity index (χ0n) is 24.5. The molecule has 12 heteroatoms. The topological polar surface area (TPSA) is 118 Å². The maximum atomic E-state index is 13.3. The molecule has 212 valence electrons. The summed E-state index contributed by atoms with van der Waals surface area (Å²) in [6.45, 7) is 22.4. The number of nitrogens with zero attached hydrogens (tertiary/aromatic N) is 2. The van der Waals surface area contributed by atoms with E-state index in [1.54, 1.807) is 0 Å². The Bertz CT molecular complexity index is 1100. The molecule has 0 radical (unpaired) electrons. The lowest BCUT2D eigenvalue weighted by Gasteiger charge is -2.41. The van der Waals surface area contributed by atoms with E-state index in [0.717, 1.165) is 4.57 Å². The number of esters is 1. The number of hydrogen-bond donors (Lipinski definition) is 1. The Morgan fingerprint density at radius 1 is 1.05 bits per heavy atom. The molecular weight excluding hydrogens is 512 g/mol. The normalized spacial score (nSPS) is 23.4. The second-order valence-electron chi connectivity index (χ2n) is 12.9. The van der Waals surface area contributed by atoms with Crippen LogP contribution in [0.4, 0.5) is 0 Å². The average Bonchev–Trinajstić information content (AvgIpc) is 3.05. The lowest BCUT2D eigenvalue weighted by Crippen LogP contribution is -2.51. The quantitative estimate of drug-likeness (QED) is 0.382. The van der Waals surface area contributed by atoms with Gasteiger partial charge < -0.3 is 23.4 Å². The van der Waals surface area contributed by atoms with Crippen LogP contribution in [0, 0.1) is 6.92 Å². The third-order valence-corrected chi connectivity index (χ3v) is 17.1. The maximum absolute atomic E-state index is 13.3. The minimum absolute atomic E-state index is 0.0309. The van der Waals surface area contributed by atoms with E-state index < -0.39 is 64.9 Å². The molecule has 0 spiro atoms. The third kappa shape index (κ3) is 6.71. The van der Waals surface area contributed by atoms with E-state index in [-0.39, 0.29) is 22.2 Å². The van der Waals surface area contributed by atoms with Crippen molar-refractivity contribution in [2.75, 3.05) is 13.7 Å². The minimum Gasteiger partial charge on any atom is -0.468 e. The second kappa shape index (κ2) is 10.9. The van der Waals surface area contributed by atoms with Gasteiger partial charge in [-0.05, 0) is 43.2 Å². The largest absolute Gasteiger partial charge is 0.468 e. The number of carbonyl (C=O) groups is 1. The number of aliphatic hydroxyl groups excluding tert-OH is 1. The molecule has 2 rings (SSSR count).